The predicted octanol–water partition coefficient (Wildman–Crippen LogP) is 0.675. The van der Waals surface area contributed by atoms with Crippen molar-refractivity contribution in [1.29, 1.82) is 0 Å². The highest BCUT2D eigenvalue weighted by molar-refractivity contribution is 5.95. The number of carbonyl (C=O) groups excluding carboxylic acids is 3. The number of benzene rings is 2. The van der Waals surface area contributed by atoms with Crippen LogP contribution in [0.3, 0.4) is 0 Å². The maximum atomic E-state index is 12.8. The van der Waals surface area contributed by atoms with Crippen LogP contribution in [0.25, 0.3) is 0 Å². The molecule has 0 radical (unpaired) electrons. The van der Waals surface area contributed by atoms with E-state index in [1.807, 2.05) is 12.1 Å². The lowest BCUT2D eigenvalue weighted by molar-refractivity contribution is -0.146. The molecule has 2 aromatic rings. The Kier molecular flexibility index (Phi) is 5.92. The van der Waals surface area contributed by atoms with Crippen molar-refractivity contribution in [3.8, 4) is 17.2 Å². The molecule has 2 aliphatic rings. The fourth-order valence-corrected chi connectivity index (χ4v) is 3.55. The number of ether oxygens (including phenoxy) is 3. The first-order chi connectivity index (χ1) is 15.0. The second kappa shape index (κ2) is 8.95. The summed E-state index contributed by atoms with van der Waals surface area (Å²) in [4.78, 5) is 40.1. The number of hydrogen-bond donors (Lipinski definition) is 1. The van der Waals surface area contributed by atoms with Gasteiger partial charge in [0.25, 0.3) is 17.7 Å². The zero-order chi connectivity index (χ0) is 21.8. The van der Waals surface area contributed by atoms with Gasteiger partial charge in [-0.15, -0.1) is 0 Å². The van der Waals surface area contributed by atoms with Crippen molar-refractivity contribution in [2.24, 2.45) is 5.73 Å². The van der Waals surface area contributed by atoms with Crippen LogP contribution in [0.4, 0.5) is 0 Å². The van der Waals surface area contributed by atoms with Crippen molar-refractivity contribution in [3.05, 3.63) is 54.1 Å². The predicted molar refractivity (Wildman–Crippen MR) is 110 cm³/mol. The summed E-state index contributed by atoms with van der Waals surface area (Å²) < 4.78 is 16.9. The van der Waals surface area contributed by atoms with E-state index in [2.05, 4.69) is 0 Å². The molecule has 0 bridgehead atoms. The minimum atomic E-state index is -0.703. The molecule has 1 atom stereocenters. The van der Waals surface area contributed by atoms with Crippen molar-refractivity contribution in [1.82, 2.24) is 9.80 Å². The van der Waals surface area contributed by atoms with Crippen molar-refractivity contribution < 1.29 is 28.6 Å². The van der Waals surface area contributed by atoms with Crippen LogP contribution in [0, 0.1) is 0 Å². The van der Waals surface area contributed by atoms with E-state index < -0.39 is 12.0 Å². The lowest BCUT2D eigenvalue weighted by atomic mass is 10.2. The van der Waals surface area contributed by atoms with E-state index in [4.69, 9.17) is 19.9 Å². The van der Waals surface area contributed by atoms with Crippen molar-refractivity contribution in [2.75, 3.05) is 39.4 Å². The first kappa shape index (κ1) is 20.5. The fraction of sp³-hybridized carbons (Fsp3) is 0.318. The van der Waals surface area contributed by atoms with Crippen LogP contribution in [0.1, 0.15) is 10.4 Å². The highest BCUT2D eigenvalue weighted by Crippen LogP contribution is 2.31. The molecule has 1 fully saturated rings. The third-order valence-electron chi connectivity index (χ3n) is 5.23. The zero-order valence-corrected chi connectivity index (χ0v) is 16.9. The van der Waals surface area contributed by atoms with E-state index >= 15 is 0 Å². The molecule has 0 aliphatic carbocycles. The van der Waals surface area contributed by atoms with Crippen LogP contribution in [-0.2, 0) is 9.59 Å². The molecular weight excluding hydrogens is 402 g/mol. The molecule has 162 valence electrons. The number of nitrogens with two attached hydrogens (primary N) is 1. The average molecular weight is 425 g/mol. The molecule has 0 aromatic heterocycles. The molecule has 2 aromatic carbocycles. The van der Waals surface area contributed by atoms with E-state index in [1.165, 1.54) is 0 Å². The van der Waals surface area contributed by atoms with Gasteiger partial charge in [-0.05, 0) is 24.3 Å². The summed E-state index contributed by atoms with van der Waals surface area (Å²) in [6.07, 6.45) is -0.703. The lowest BCUT2D eigenvalue weighted by Crippen LogP contribution is -2.55. The van der Waals surface area contributed by atoms with Gasteiger partial charge in [0.1, 0.15) is 12.4 Å². The summed E-state index contributed by atoms with van der Waals surface area (Å²) in [7, 11) is 0. The van der Waals surface area contributed by atoms with E-state index in [0.717, 1.165) is 0 Å². The van der Waals surface area contributed by atoms with Crippen molar-refractivity contribution in [3.63, 3.8) is 0 Å². The number of para-hydroxylation sites is 3. The quantitative estimate of drug-likeness (QED) is 0.754. The van der Waals surface area contributed by atoms with Crippen LogP contribution in [0.15, 0.2) is 48.5 Å². The Bertz CT molecular complexity index is 987. The van der Waals surface area contributed by atoms with Gasteiger partial charge in [0.05, 0.1) is 5.56 Å². The number of fused-ring (bicyclic) bond motifs is 1. The number of amides is 3. The Hall–Kier alpha value is -3.75. The SMILES string of the molecule is NC(=O)c1ccccc1OCC(=O)N1CCN(C(=O)C2COc3ccccc3O2)CC1. The molecule has 31 heavy (non-hydrogen) atoms. The van der Waals surface area contributed by atoms with Crippen molar-refractivity contribution in [2.45, 2.75) is 6.10 Å². The van der Waals surface area contributed by atoms with Crippen molar-refractivity contribution >= 4 is 17.7 Å². The molecule has 4 rings (SSSR count). The second-order valence-corrected chi connectivity index (χ2v) is 7.22. The number of hydrogen-bond acceptors (Lipinski definition) is 6. The first-order valence-electron chi connectivity index (χ1n) is 9.99. The van der Waals surface area contributed by atoms with Gasteiger partial charge in [0.15, 0.2) is 18.1 Å². The Morgan fingerprint density at radius 3 is 2.32 bits per heavy atom. The molecule has 1 saturated heterocycles. The number of primary amides is 1. The highest BCUT2D eigenvalue weighted by Gasteiger charge is 2.33. The topological polar surface area (TPSA) is 111 Å². The number of piperazine rings is 1. The molecule has 1 unspecified atom stereocenters. The molecule has 2 N–H and O–H groups in total. The van der Waals surface area contributed by atoms with E-state index in [0.29, 0.717) is 37.7 Å². The summed E-state index contributed by atoms with van der Waals surface area (Å²) in [5, 5.41) is 0. The molecule has 0 saturated carbocycles. The Morgan fingerprint density at radius 1 is 0.935 bits per heavy atom. The van der Waals surface area contributed by atoms with E-state index in [-0.39, 0.29) is 36.3 Å². The molecule has 2 heterocycles. The van der Waals surface area contributed by atoms with E-state index in [1.54, 1.807) is 46.2 Å². The number of carbonyl (C=O) groups is 3. The molecule has 2 aliphatic heterocycles. The lowest BCUT2D eigenvalue weighted by Gasteiger charge is -2.37. The summed E-state index contributed by atoms with van der Waals surface area (Å²) in [6, 6.07) is 13.7. The van der Waals surface area contributed by atoms with Crippen LogP contribution >= 0.6 is 0 Å². The first-order valence-corrected chi connectivity index (χ1v) is 9.99. The third kappa shape index (κ3) is 4.55. The Morgan fingerprint density at radius 2 is 1.58 bits per heavy atom. The van der Waals surface area contributed by atoms with Gasteiger partial charge >= 0.3 is 0 Å². The minimum absolute atomic E-state index is 0.155. The van der Waals surface area contributed by atoms with Gasteiger partial charge in [0.2, 0.25) is 6.10 Å². The molecule has 3 amide bonds. The summed E-state index contributed by atoms with van der Waals surface area (Å²) in [6.45, 7) is 1.50. The summed E-state index contributed by atoms with van der Waals surface area (Å²) in [5.74, 6) is 0.443. The monoisotopic (exact) mass is 425 g/mol. The Balaban J connectivity index is 1.27. The third-order valence-corrected chi connectivity index (χ3v) is 5.23. The fourth-order valence-electron chi connectivity index (χ4n) is 3.55. The van der Waals surface area contributed by atoms with Crippen LogP contribution < -0.4 is 19.9 Å². The molecule has 0 spiro atoms. The smallest absolute Gasteiger partial charge is 0.267 e. The summed E-state index contributed by atoms with van der Waals surface area (Å²) >= 11 is 0. The largest absolute Gasteiger partial charge is 0.485 e. The Labute approximate surface area is 179 Å². The zero-order valence-electron chi connectivity index (χ0n) is 16.9. The molecule has 9 nitrogen and oxygen atoms in total. The summed E-state index contributed by atoms with van der Waals surface area (Å²) in [5.41, 5.74) is 5.55. The number of nitrogens with zero attached hydrogens (tertiary/aromatic N) is 2. The average Bonchev–Trinajstić information content (AvgIpc) is 2.82. The van der Waals surface area contributed by atoms with Gasteiger partial charge in [-0.3, -0.25) is 14.4 Å². The molecular formula is C22H23N3O6. The maximum Gasteiger partial charge on any atom is 0.267 e. The normalized spacial score (nSPS) is 17.7. The van der Waals surface area contributed by atoms with Crippen LogP contribution in [-0.4, -0.2) is 73.0 Å². The minimum Gasteiger partial charge on any atom is -0.485 e. The highest BCUT2D eigenvalue weighted by atomic mass is 16.6. The van der Waals surface area contributed by atoms with Crippen LogP contribution in [0.2, 0.25) is 0 Å². The maximum absolute atomic E-state index is 12.8. The van der Waals surface area contributed by atoms with Crippen LogP contribution in [0.5, 0.6) is 17.2 Å². The van der Waals surface area contributed by atoms with Gasteiger partial charge in [0, 0.05) is 26.2 Å². The molecule has 9 heteroatoms. The van der Waals surface area contributed by atoms with Gasteiger partial charge in [-0.2, -0.15) is 0 Å². The van der Waals surface area contributed by atoms with Gasteiger partial charge in [-0.1, -0.05) is 24.3 Å². The van der Waals surface area contributed by atoms with Gasteiger partial charge < -0.3 is 29.7 Å². The van der Waals surface area contributed by atoms with Gasteiger partial charge in [-0.25, -0.2) is 0 Å². The second-order valence-electron chi connectivity index (χ2n) is 7.22. The standard InChI is InChI=1S/C22H23N3O6/c23-21(27)15-5-1-2-6-16(15)30-14-20(26)24-9-11-25(12-10-24)22(28)19-13-29-17-7-3-4-8-18(17)31-19/h1-8,19H,9-14H2,(H2,23,27). The van der Waals surface area contributed by atoms with E-state index in [9.17, 15) is 14.4 Å². The number of rotatable bonds is 5.